The first-order valence-corrected chi connectivity index (χ1v) is 7.43. The number of unbranched alkanes of at least 4 members (excludes halogenated alkanes) is 1. The van der Waals surface area contributed by atoms with Crippen LogP contribution < -0.4 is 4.74 Å². The van der Waals surface area contributed by atoms with Crippen LogP contribution in [0.5, 0.6) is 5.75 Å². The van der Waals surface area contributed by atoms with Crippen molar-refractivity contribution in [3.8, 4) is 22.7 Å². The molecular formula is C17H18N4O. The molecule has 5 heteroatoms. The standard InChI is InChI=1S/C17H18N4O/c1-2-3-11-22-16-8-6-15(7-9-16)21-13-17(19-20-21)14-5-4-10-18-12-14/h4-10,12-13H,2-3,11H2,1H3. The number of hydrogen-bond donors (Lipinski definition) is 0. The van der Waals surface area contributed by atoms with Crippen LogP contribution in [-0.2, 0) is 0 Å². The molecule has 0 N–H and O–H groups in total. The Bertz CT molecular complexity index is 707. The zero-order valence-corrected chi connectivity index (χ0v) is 12.5. The van der Waals surface area contributed by atoms with Crippen LogP contribution in [0.4, 0.5) is 0 Å². The fraction of sp³-hybridized carbons (Fsp3) is 0.235. The van der Waals surface area contributed by atoms with Crippen molar-refractivity contribution in [3.05, 3.63) is 55.0 Å². The Hall–Kier alpha value is -2.69. The summed E-state index contributed by atoms with van der Waals surface area (Å²) in [6, 6.07) is 11.7. The minimum atomic E-state index is 0.754. The number of hydrogen-bond acceptors (Lipinski definition) is 4. The first-order valence-electron chi connectivity index (χ1n) is 7.43. The maximum absolute atomic E-state index is 5.66. The summed E-state index contributed by atoms with van der Waals surface area (Å²) in [7, 11) is 0. The number of aromatic nitrogens is 4. The van der Waals surface area contributed by atoms with Crippen molar-refractivity contribution in [2.75, 3.05) is 6.61 Å². The van der Waals surface area contributed by atoms with Crippen molar-refractivity contribution in [2.24, 2.45) is 0 Å². The number of benzene rings is 1. The summed E-state index contributed by atoms with van der Waals surface area (Å²) in [5.41, 5.74) is 2.70. The molecule has 3 aromatic rings. The number of pyridine rings is 1. The lowest BCUT2D eigenvalue weighted by atomic mass is 10.2. The van der Waals surface area contributed by atoms with Gasteiger partial charge >= 0.3 is 0 Å². The molecule has 0 aliphatic heterocycles. The lowest BCUT2D eigenvalue weighted by molar-refractivity contribution is 0.309. The molecule has 1 aromatic carbocycles. The van der Waals surface area contributed by atoms with Gasteiger partial charge in [0.15, 0.2) is 0 Å². The Morgan fingerprint density at radius 3 is 2.73 bits per heavy atom. The Balaban J connectivity index is 1.73. The second-order valence-electron chi connectivity index (χ2n) is 4.99. The topological polar surface area (TPSA) is 52.8 Å². The van der Waals surface area contributed by atoms with Gasteiger partial charge < -0.3 is 4.74 Å². The lowest BCUT2D eigenvalue weighted by Gasteiger charge is -2.06. The van der Waals surface area contributed by atoms with Crippen LogP contribution in [0, 0.1) is 0 Å². The first kappa shape index (κ1) is 14.3. The van der Waals surface area contributed by atoms with Gasteiger partial charge in [0.05, 0.1) is 18.5 Å². The molecule has 0 amide bonds. The van der Waals surface area contributed by atoms with Gasteiger partial charge in [0.2, 0.25) is 0 Å². The van der Waals surface area contributed by atoms with Crippen molar-refractivity contribution < 1.29 is 4.74 Å². The molecule has 0 unspecified atom stereocenters. The third kappa shape index (κ3) is 3.31. The van der Waals surface area contributed by atoms with E-state index in [4.69, 9.17) is 4.74 Å². The van der Waals surface area contributed by atoms with Gasteiger partial charge in [0.25, 0.3) is 0 Å². The highest BCUT2D eigenvalue weighted by Crippen LogP contribution is 2.18. The molecule has 0 spiro atoms. The fourth-order valence-corrected chi connectivity index (χ4v) is 2.07. The molecule has 5 nitrogen and oxygen atoms in total. The molecule has 0 atom stereocenters. The summed E-state index contributed by atoms with van der Waals surface area (Å²) < 4.78 is 7.41. The van der Waals surface area contributed by atoms with Crippen LogP contribution in [0.25, 0.3) is 16.9 Å². The normalized spacial score (nSPS) is 10.6. The summed E-state index contributed by atoms with van der Waals surface area (Å²) in [6.07, 6.45) is 7.61. The van der Waals surface area contributed by atoms with Gasteiger partial charge in [-0.1, -0.05) is 18.6 Å². The molecule has 22 heavy (non-hydrogen) atoms. The van der Waals surface area contributed by atoms with Crippen molar-refractivity contribution in [1.29, 1.82) is 0 Å². The smallest absolute Gasteiger partial charge is 0.119 e. The van der Waals surface area contributed by atoms with Gasteiger partial charge in [-0.2, -0.15) is 0 Å². The molecule has 2 aromatic heterocycles. The van der Waals surface area contributed by atoms with Crippen LogP contribution in [-0.4, -0.2) is 26.6 Å². The summed E-state index contributed by atoms with van der Waals surface area (Å²) in [4.78, 5) is 4.10. The summed E-state index contributed by atoms with van der Waals surface area (Å²) >= 11 is 0. The van der Waals surface area contributed by atoms with Crippen LogP contribution in [0.2, 0.25) is 0 Å². The first-order chi connectivity index (χ1) is 10.9. The van der Waals surface area contributed by atoms with E-state index < -0.39 is 0 Å². The van der Waals surface area contributed by atoms with E-state index >= 15 is 0 Å². The van der Waals surface area contributed by atoms with E-state index in [0.717, 1.165) is 42.1 Å². The van der Waals surface area contributed by atoms with Gasteiger partial charge in [-0.15, -0.1) is 5.10 Å². The number of nitrogens with zero attached hydrogens (tertiary/aromatic N) is 4. The molecule has 0 aliphatic carbocycles. The van der Waals surface area contributed by atoms with E-state index in [2.05, 4.69) is 22.2 Å². The summed E-state index contributed by atoms with van der Waals surface area (Å²) in [6.45, 7) is 2.90. The minimum Gasteiger partial charge on any atom is -0.494 e. The Morgan fingerprint density at radius 2 is 2.00 bits per heavy atom. The second-order valence-corrected chi connectivity index (χ2v) is 4.99. The molecule has 0 saturated carbocycles. The molecule has 112 valence electrons. The average molecular weight is 294 g/mol. The average Bonchev–Trinajstić information content (AvgIpc) is 3.07. The fourth-order valence-electron chi connectivity index (χ4n) is 2.07. The summed E-state index contributed by atoms with van der Waals surface area (Å²) in [5.74, 6) is 0.879. The maximum atomic E-state index is 5.66. The molecule has 0 fully saturated rings. The number of rotatable bonds is 6. The maximum Gasteiger partial charge on any atom is 0.119 e. The molecule has 3 rings (SSSR count). The van der Waals surface area contributed by atoms with E-state index in [1.165, 1.54) is 0 Å². The number of ether oxygens (including phenoxy) is 1. The van der Waals surface area contributed by atoms with E-state index in [1.807, 2.05) is 42.6 Å². The van der Waals surface area contributed by atoms with E-state index in [1.54, 1.807) is 17.1 Å². The molecule has 0 saturated heterocycles. The van der Waals surface area contributed by atoms with E-state index in [0.29, 0.717) is 0 Å². The SMILES string of the molecule is CCCCOc1ccc(-n2cc(-c3cccnc3)nn2)cc1. The highest BCUT2D eigenvalue weighted by atomic mass is 16.5. The van der Waals surface area contributed by atoms with Crippen LogP contribution in [0.15, 0.2) is 55.0 Å². The highest BCUT2D eigenvalue weighted by molar-refractivity contribution is 5.56. The third-order valence-electron chi connectivity index (χ3n) is 3.32. The predicted octanol–water partition coefficient (Wildman–Crippen LogP) is 3.51. The van der Waals surface area contributed by atoms with E-state index in [-0.39, 0.29) is 0 Å². The van der Waals surface area contributed by atoms with Gasteiger partial charge in [0, 0.05) is 18.0 Å². The lowest BCUT2D eigenvalue weighted by Crippen LogP contribution is -1.98. The molecule has 0 bridgehead atoms. The molecule has 0 aliphatic rings. The van der Waals surface area contributed by atoms with Crippen molar-refractivity contribution in [3.63, 3.8) is 0 Å². The van der Waals surface area contributed by atoms with Gasteiger partial charge in [-0.25, -0.2) is 4.68 Å². The third-order valence-corrected chi connectivity index (χ3v) is 3.32. The minimum absolute atomic E-state index is 0.754. The Labute approximate surface area is 129 Å². The summed E-state index contributed by atoms with van der Waals surface area (Å²) in [5, 5.41) is 8.35. The van der Waals surface area contributed by atoms with Crippen LogP contribution in [0.1, 0.15) is 19.8 Å². The Morgan fingerprint density at radius 1 is 1.14 bits per heavy atom. The van der Waals surface area contributed by atoms with Crippen LogP contribution >= 0.6 is 0 Å². The van der Waals surface area contributed by atoms with Gasteiger partial charge in [0.1, 0.15) is 11.4 Å². The highest BCUT2D eigenvalue weighted by Gasteiger charge is 2.05. The zero-order chi connectivity index (χ0) is 15.2. The van der Waals surface area contributed by atoms with E-state index in [9.17, 15) is 0 Å². The van der Waals surface area contributed by atoms with Gasteiger partial charge in [-0.3, -0.25) is 4.98 Å². The van der Waals surface area contributed by atoms with Crippen molar-refractivity contribution in [1.82, 2.24) is 20.0 Å². The second kappa shape index (κ2) is 6.85. The molecular weight excluding hydrogens is 276 g/mol. The van der Waals surface area contributed by atoms with Crippen molar-refractivity contribution in [2.45, 2.75) is 19.8 Å². The zero-order valence-electron chi connectivity index (χ0n) is 12.5. The molecule has 2 heterocycles. The van der Waals surface area contributed by atoms with Crippen LogP contribution in [0.3, 0.4) is 0 Å². The Kier molecular flexibility index (Phi) is 4.44. The predicted molar refractivity (Wildman–Crippen MR) is 85.0 cm³/mol. The largest absolute Gasteiger partial charge is 0.494 e. The van der Waals surface area contributed by atoms with Crippen molar-refractivity contribution >= 4 is 0 Å². The quantitative estimate of drug-likeness (QED) is 0.653. The molecule has 0 radical (unpaired) electrons. The van der Waals surface area contributed by atoms with Gasteiger partial charge in [-0.05, 0) is 42.8 Å². The monoisotopic (exact) mass is 294 g/mol.